The number of nitrogens with zero attached hydrogens (tertiary/aromatic N) is 3. The number of para-hydroxylation sites is 1. The number of thiocarbonyl (C=S) groups is 1. The van der Waals surface area contributed by atoms with Crippen molar-refractivity contribution >= 4 is 29.1 Å². The van der Waals surface area contributed by atoms with E-state index >= 15 is 0 Å². The highest BCUT2D eigenvalue weighted by atomic mass is 32.1. The Kier molecular flexibility index (Phi) is 4.79. The van der Waals surface area contributed by atoms with Crippen LogP contribution >= 0.6 is 12.2 Å². The van der Waals surface area contributed by atoms with Crippen molar-refractivity contribution in [2.75, 3.05) is 37.6 Å². The fourth-order valence-corrected chi connectivity index (χ4v) is 2.71. The molecule has 1 aliphatic rings. The monoisotopic (exact) mass is 293 g/mol. The Hall–Kier alpha value is -1.82. The van der Waals surface area contributed by atoms with E-state index in [0.29, 0.717) is 11.7 Å². The molecule has 2 rings (SSSR count). The van der Waals surface area contributed by atoms with Gasteiger partial charge in [0.1, 0.15) is 0 Å². The van der Waals surface area contributed by atoms with E-state index in [-0.39, 0.29) is 0 Å². The predicted molar refractivity (Wildman–Crippen MR) is 83.2 cm³/mol. The molecule has 1 fully saturated rings. The Morgan fingerprint density at radius 3 is 2.35 bits per heavy atom. The fraction of sp³-hybridized carbons (Fsp3) is 0.429. The first-order valence-electron chi connectivity index (χ1n) is 6.73. The van der Waals surface area contributed by atoms with Gasteiger partial charge in [-0.05, 0) is 31.3 Å². The zero-order valence-corrected chi connectivity index (χ0v) is 12.3. The molecule has 0 spiro atoms. The molecule has 0 bridgehead atoms. The summed E-state index contributed by atoms with van der Waals surface area (Å²) in [7, 11) is 0. The molecule has 108 valence electrons. The summed E-state index contributed by atoms with van der Waals surface area (Å²) in [6.45, 7) is 5.37. The van der Waals surface area contributed by atoms with Crippen LogP contribution in [-0.2, 0) is 0 Å². The SMILES string of the molecule is CCN(C(=O)O)C(=S)N1CCN(c2ccccc2)CC1. The lowest BCUT2D eigenvalue weighted by Gasteiger charge is -2.39. The van der Waals surface area contributed by atoms with Crippen LogP contribution in [0, 0.1) is 0 Å². The highest BCUT2D eigenvalue weighted by Gasteiger charge is 2.24. The van der Waals surface area contributed by atoms with Crippen molar-refractivity contribution in [1.29, 1.82) is 0 Å². The molecule has 0 aromatic heterocycles. The Balaban J connectivity index is 1.94. The summed E-state index contributed by atoms with van der Waals surface area (Å²) >= 11 is 5.28. The minimum Gasteiger partial charge on any atom is -0.465 e. The van der Waals surface area contributed by atoms with E-state index in [1.54, 1.807) is 6.92 Å². The van der Waals surface area contributed by atoms with E-state index in [2.05, 4.69) is 17.0 Å². The number of amides is 1. The van der Waals surface area contributed by atoms with E-state index in [1.807, 2.05) is 23.1 Å². The van der Waals surface area contributed by atoms with Crippen LogP contribution < -0.4 is 4.90 Å². The summed E-state index contributed by atoms with van der Waals surface area (Å²) in [6.07, 6.45) is -0.983. The Bertz CT molecular complexity index is 473. The van der Waals surface area contributed by atoms with E-state index < -0.39 is 6.09 Å². The number of anilines is 1. The average Bonchev–Trinajstić information content (AvgIpc) is 2.48. The zero-order valence-electron chi connectivity index (χ0n) is 11.5. The average molecular weight is 293 g/mol. The predicted octanol–water partition coefficient (Wildman–Crippen LogP) is 2.09. The van der Waals surface area contributed by atoms with Crippen molar-refractivity contribution in [2.24, 2.45) is 0 Å². The van der Waals surface area contributed by atoms with E-state index in [9.17, 15) is 4.79 Å². The minimum atomic E-state index is -0.983. The normalized spacial score (nSPS) is 15.1. The number of piperazine rings is 1. The topological polar surface area (TPSA) is 47.0 Å². The van der Waals surface area contributed by atoms with Crippen LogP contribution in [0.2, 0.25) is 0 Å². The van der Waals surface area contributed by atoms with Crippen LogP contribution in [-0.4, -0.2) is 58.8 Å². The second-order valence-corrected chi connectivity index (χ2v) is 4.98. The van der Waals surface area contributed by atoms with Gasteiger partial charge in [-0.15, -0.1) is 0 Å². The summed E-state index contributed by atoms with van der Waals surface area (Å²) in [5.41, 5.74) is 1.20. The third kappa shape index (κ3) is 3.19. The second kappa shape index (κ2) is 6.56. The van der Waals surface area contributed by atoms with Crippen LogP contribution in [0.3, 0.4) is 0 Å². The third-order valence-corrected chi connectivity index (χ3v) is 3.93. The largest absolute Gasteiger partial charge is 0.465 e. The molecule has 1 amide bonds. The van der Waals surface area contributed by atoms with E-state index in [1.165, 1.54) is 10.6 Å². The van der Waals surface area contributed by atoms with Crippen LogP contribution in [0.1, 0.15) is 6.92 Å². The van der Waals surface area contributed by atoms with Crippen molar-refractivity contribution in [3.63, 3.8) is 0 Å². The van der Waals surface area contributed by atoms with Crippen molar-refractivity contribution < 1.29 is 9.90 Å². The number of hydrogen-bond acceptors (Lipinski definition) is 3. The first-order valence-corrected chi connectivity index (χ1v) is 7.13. The van der Waals surface area contributed by atoms with Crippen LogP contribution in [0.25, 0.3) is 0 Å². The summed E-state index contributed by atoms with van der Waals surface area (Å²) in [4.78, 5) is 16.6. The molecule has 0 atom stereocenters. The van der Waals surface area contributed by atoms with Crippen molar-refractivity contribution in [3.8, 4) is 0 Å². The Morgan fingerprint density at radius 1 is 1.25 bits per heavy atom. The maximum absolute atomic E-state index is 11.1. The molecule has 0 radical (unpaired) electrons. The molecule has 1 heterocycles. The molecule has 1 N–H and O–H groups in total. The molecule has 1 aromatic carbocycles. The Labute approximate surface area is 124 Å². The Morgan fingerprint density at radius 2 is 1.85 bits per heavy atom. The summed E-state index contributed by atoms with van der Waals surface area (Å²) < 4.78 is 0. The first-order chi connectivity index (χ1) is 9.63. The highest BCUT2D eigenvalue weighted by Crippen LogP contribution is 2.16. The van der Waals surface area contributed by atoms with Gasteiger partial charge in [-0.1, -0.05) is 18.2 Å². The molecule has 0 unspecified atom stereocenters. The first kappa shape index (κ1) is 14.6. The van der Waals surface area contributed by atoms with Gasteiger partial charge in [-0.3, -0.25) is 4.90 Å². The van der Waals surface area contributed by atoms with Crippen molar-refractivity contribution in [2.45, 2.75) is 6.92 Å². The van der Waals surface area contributed by atoms with Gasteiger partial charge in [-0.25, -0.2) is 4.79 Å². The van der Waals surface area contributed by atoms with Crippen LogP contribution in [0.4, 0.5) is 10.5 Å². The van der Waals surface area contributed by atoms with Gasteiger partial charge in [0.2, 0.25) is 0 Å². The number of carboxylic acid groups (broad SMARTS) is 1. The summed E-state index contributed by atoms with van der Waals surface area (Å²) in [5.74, 6) is 0. The lowest BCUT2D eigenvalue weighted by atomic mass is 10.2. The summed E-state index contributed by atoms with van der Waals surface area (Å²) in [6, 6.07) is 10.2. The van der Waals surface area contributed by atoms with Gasteiger partial charge in [-0.2, -0.15) is 0 Å². The zero-order chi connectivity index (χ0) is 14.5. The molecule has 1 aromatic rings. The van der Waals surface area contributed by atoms with Gasteiger partial charge in [0.05, 0.1) is 0 Å². The molecule has 1 aliphatic heterocycles. The molecule has 0 saturated carbocycles. The lowest BCUT2D eigenvalue weighted by molar-refractivity contribution is 0.166. The van der Waals surface area contributed by atoms with Crippen LogP contribution in [0.5, 0.6) is 0 Å². The summed E-state index contributed by atoms with van der Waals surface area (Å²) in [5, 5.41) is 9.52. The smallest absolute Gasteiger partial charge is 0.413 e. The number of benzene rings is 1. The molecule has 0 aliphatic carbocycles. The third-order valence-electron chi connectivity index (χ3n) is 3.45. The van der Waals surface area contributed by atoms with Crippen LogP contribution in [0.15, 0.2) is 30.3 Å². The van der Waals surface area contributed by atoms with Crippen molar-refractivity contribution in [3.05, 3.63) is 30.3 Å². The lowest BCUT2D eigenvalue weighted by Crippen LogP contribution is -2.53. The molecule has 5 nitrogen and oxygen atoms in total. The number of hydrogen-bond donors (Lipinski definition) is 1. The van der Waals surface area contributed by atoms with Gasteiger partial charge in [0.15, 0.2) is 5.11 Å². The van der Waals surface area contributed by atoms with Gasteiger partial charge < -0.3 is 14.9 Å². The van der Waals surface area contributed by atoms with Gasteiger partial charge >= 0.3 is 6.09 Å². The number of carbonyl (C=O) groups is 1. The number of rotatable bonds is 2. The molecule has 20 heavy (non-hydrogen) atoms. The van der Waals surface area contributed by atoms with Crippen molar-refractivity contribution in [1.82, 2.24) is 9.80 Å². The molecular weight excluding hydrogens is 274 g/mol. The maximum Gasteiger partial charge on any atom is 0.413 e. The van der Waals surface area contributed by atoms with Gasteiger partial charge in [0.25, 0.3) is 0 Å². The molecule has 6 heteroatoms. The molecular formula is C14H19N3O2S. The van der Waals surface area contributed by atoms with Gasteiger partial charge in [0, 0.05) is 38.4 Å². The van der Waals surface area contributed by atoms with E-state index in [4.69, 9.17) is 17.3 Å². The second-order valence-electron chi connectivity index (χ2n) is 4.62. The fourth-order valence-electron chi connectivity index (χ4n) is 2.32. The standard InChI is InChI=1S/C14H19N3O2S/c1-2-17(14(18)19)13(20)16-10-8-15(9-11-16)12-6-4-3-5-7-12/h3-7H,2,8-11H2,1H3,(H,18,19). The maximum atomic E-state index is 11.1. The molecule has 1 saturated heterocycles. The minimum absolute atomic E-state index is 0.382. The quantitative estimate of drug-likeness (QED) is 0.846. The highest BCUT2D eigenvalue weighted by molar-refractivity contribution is 7.80. The van der Waals surface area contributed by atoms with E-state index in [0.717, 1.165) is 26.2 Å².